The average Bonchev–Trinajstić information content (AvgIpc) is 3.77. The summed E-state index contributed by atoms with van der Waals surface area (Å²) in [5.41, 5.74) is 9.41. The number of nitrogens with zero attached hydrogens (tertiary/aromatic N) is 2. The molecule has 0 aliphatic heterocycles. The first kappa shape index (κ1) is 27.8. The van der Waals surface area contributed by atoms with E-state index in [2.05, 4.69) is 169 Å². The second-order valence-electron chi connectivity index (χ2n) is 12.4. The first-order valence-electron chi connectivity index (χ1n) is 16.5. The molecule has 2 aromatic heterocycles. The van der Waals surface area contributed by atoms with Crippen molar-refractivity contribution in [2.75, 3.05) is 4.90 Å². The van der Waals surface area contributed by atoms with Crippen molar-refractivity contribution in [1.82, 2.24) is 4.98 Å². The zero-order valence-corrected chi connectivity index (χ0v) is 27.2. The maximum Gasteiger partial charge on any atom is 0.137 e. The fraction of sp³-hybridized carbons (Fsp3) is 0. The van der Waals surface area contributed by atoms with Crippen molar-refractivity contribution in [1.29, 1.82) is 0 Å². The van der Waals surface area contributed by atoms with Gasteiger partial charge in [0, 0.05) is 44.7 Å². The molecule has 0 saturated heterocycles. The molecule has 49 heavy (non-hydrogen) atoms. The standard InChI is InChI=1S/C45H28N2OS/c1-3-12-30(13-4-1)37-23-20-31-14-9-10-18-36(31)43(37)47(34-21-19-29-11-7-8-17-33(29)27-34)35-22-24-38-41(28-35)48-40-26-25-39-44(42(38)40)49-45(46-39)32-15-5-2-6-16-32/h1-28H. The second kappa shape index (κ2) is 11.2. The predicted octanol–water partition coefficient (Wildman–Crippen LogP) is 13.3. The van der Waals surface area contributed by atoms with Gasteiger partial charge in [0.2, 0.25) is 0 Å². The molecule has 10 aromatic rings. The van der Waals surface area contributed by atoms with Crippen molar-refractivity contribution in [3.05, 3.63) is 170 Å². The number of rotatable bonds is 5. The summed E-state index contributed by atoms with van der Waals surface area (Å²) < 4.78 is 7.81. The molecule has 0 radical (unpaired) electrons. The van der Waals surface area contributed by atoms with E-state index in [0.29, 0.717) is 0 Å². The van der Waals surface area contributed by atoms with Crippen LogP contribution in [-0.2, 0) is 0 Å². The van der Waals surface area contributed by atoms with Crippen molar-refractivity contribution in [3.8, 4) is 21.7 Å². The Morgan fingerprint density at radius 3 is 2.00 bits per heavy atom. The van der Waals surface area contributed by atoms with Crippen LogP contribution in [0.15, 0.2) is 174 Å². The van der Waals surface area contributed by atoms with Gasteiger partial charge in [-0.15, -0.1) is 11.3 Å². The van der Waals surface area contributed by atoms with Crippen LogP contribution in [0.3, 0.4) is 0 Å². The summed E-state index contributed by atoms with van der Waals surface area (Å²) in [6.07, 6.45) is 0. The lowest BCUT2D eigenvalue weighted by Gasteiger charge is -2.29. The Morgan fingerprint density at radius 2 is 1.16 bits per heavy atom. The van der Waals surface area contributed by atoms with Crippen LogP contribution in [0, 0.1) is 0 Å². The third kappa shape index (κ3) is 4.61. The summed E-state index contributed by atoms with van der Waals surface area (Å²) in [6.45, 7) is 0. The Bertz CT molecular complexity index is 2840. The Morgan fingerprint density at radius 1 is 0.490 bits per heavy atom. The molecule has 0 N–H and O–H groups in total. The molecular weight excluding hydrogens is 617 g/mol. The topological polar surface area (TPSA) is 29.3 Å². The number of fused-ring (bicyclic) bond motifs is 7. The molecule has 0 unspecified atom stereocenters. The summed E-state index contributed by atoms with van der Waals surface area (Å²) in [5.74, 6) is 0. The molecule has 0 aliphatic rings. The summed E-state index contributed by atoms with van der Waals surface area (Å²) in [6, 6.07) is 60.3. The monoisotopic (exact) mass is 644 g/mol. The van der Waals surface area contributed by atoms with E-state index < -0.39 is 0 Å². The number of thiazole rings is 1. The third-order valence-electron chi connectivity index (χ3n) is 9.45. The lowest BCUT2D eigenvalue weighted by molar-refractivity contribution is 0.669. The van der Waals surface area contributed by atoms with Gasteiger partial charge in [-0.3, -0.25) is 0 Å². The average molecular weight is 645 g/mol. The van der Waals surface area contributed by atoms with Crippen LogP contribution in [0.2, 0.25) is 0 Å². The Hall–Kier alpha value is -6.23. The Kier molecular flexibility index (Phi) is 6.36. The SMILES string of the molecule is c1ccc(-c2nc3ccc4oc5cc(N(c6ccc7ccccc7c6)c6c(-c7ccccc7)ccc7ccccc67)ccc5c4c3s2)cc1. The zero-order chi connectivity index (χ0) is 32.3. The van der Waals surface area contributed by atoms with Gasteiger partial charge in [-0.1, -0.05) is 127 Å². The second-order valence-corrected chi connectivity index (χ2v) is 13.4. The van der Waals surface area contributed by atoms with Crippen molar-refractivity contribution in [3.63, 3.8) is 0 Å². The molecule has 3 nitrogen and oxygen atoms in total. The molecule has 0 atom stereocenters. The van der Waals surface area contributed by atoms with E-state index in [0.717, 1.165) is 65.4 Å². The van der Waals surface area contributed by atoms with E-state index >= 15 is 0 Å². The lowest BCUT2D eigenvalue weighted by atomic mass is 9.96. The first-order valence-corrected chi connectivity index (χ1v) is 17.3. The predicted molar refractivity (Wildman–Crippen MR) is 207 cm³/mol. The molecule has 0 spiro atoms. The molecule has 2 heterocycles. The van der Waals surface area contributed by atoms with Crippen LogP contribution in [-0.4, -0.2) is 4.98 Å². The smallest absolute Gasteiger partial charge is 0.137 e. The van der Waals surface area contributed by atoms with Crippen molar-refractivity contribution in [2.45, 2.75) is 0 Å². The largest absolute Gasteiger partial charge is 0.456 e. The fourth-order valence-corrected chi connectivity index (χ4v) is 8.27. The highest BCUT2D eigenvalue weighted by Gasteiger charge is 2.22. The van der Waals surface area contributed by atoms with E-state index in [9.17, 15) is 0 Å². The van der Waals surface area contributed by atoms with Gasteiger partial charge in [-0.05, 0) is 58.1 Å². The highest BCUT2D eigenvalue weighted by atomic mass is 32.1. The minimum absolute atomic E-state index is 0.849. The Labute approximate surface area is 286 Å². The van der Waals surface area contributed by atoms with Crippen LogP contribution in [0.1, 0.15) is 0 Å². The molecule has 8 aromatic carbocycles. The summed E-state index contributed by atoms with van der Waals surface area (Å²) in [4.78, 5) is 7.41. The van der Waals surface area contributed by atoms with Gasteiger partial charge >= 0.3 is 0 Å². The van der Waals surface area contributed by atoms with Gasteiger partial charge in [0.15, 0.2) is 0 Å². The molecule has 0 amide bonds. The Balaban J connectivity index is 1.24. The van der Waals surface area contributed by atoms with Gasteiger partial charge in [-0.25, -0.2) is 4.98 Å². The molecule has 0 aliphatic carbocycles. The highest BCUT2D eigenvalue weighted by molar-refractivity contribution is 7.22. The number of hydrogen-bond acceptors (Lipinski definition) is 4. The highest BCUT2D eigenvalue weighted by Crippen LogP contribution is 2.47. The van der Waals surface area contributed by atoms with Crippen LogP contribution >= 0.6 is 11.3 Å². The van der Waals surface area contributed by atoms with E-state index in [1.165, 1.54) is 27.1 Å². The maximum atomic E-state index is 6.66. The first-order chi connectivity index (χ1) is 24.3. The van der Waals surface area contributed by atoms with Gasteiger partial charge < -0.3 is 9.32 Å². The molecule has 230 valence electrons. The van der Waals surface area contributed by atoms with Gasteiger partial charge in [-0.2, -0.15) is 0 Å². The van der Waals surface area contributed by atoms with E-state index in [4.69, 9.17) is 9.40 Å². The number of aromatic nitrogens is 1. The maximum absolute atomic E-state index is 6.66. The van der Waals surface area contributed by atoms with Crippen molar-refractivity contribution < 1.29 is 4.42 Å². The molecule has 0 bridgehead atoms. The normalized spacial score (nSPS) is 11.7. The van der Waals surface area contributed by atoms with Gasteiger partial charge in [0.1, 0.15) is 16.2 Å². The zero-order valence-electron chi connectivity index (χ0n) is 26.4. The van der Waals surface area contributed by atoms with Crippen LogP contribution < -0.4 is 4.90 Å². The summed E-state index contributed by atoms with van der Waals surface area (Å²) in [5, 5.41) is 8.00. The minimum atomic E-state index is 0.849. The molecule has 4 heteroatoms. The lowest BCUT2D eigenvalue weighted by Crippen LogP contribution is -2.12. The van der Waals surface area contributed by atoms with Crippen LogP contribution in [0.5, 0.6) is 0 Å². The van der Waals surface area contributed by atoms with Crippen LogP contribution in [0.25, 0.3) is 75.4 Å². The number of hydrogen-bond donors (Lipinski definition) is 0. The van der Waals surface area contributed by atoms with Crippen molar-refractivity contribution in [2.24, 2.45) is 0 Å². The van der Waals surface area contributed by atoms with E-state index in [1.807, 2.05) is 6.07 Å². The van der Waals surface area contributed by atoms with E-state index in [-0.39, 0.29) is 0 Å². The summed E-state index contributed by atoms with van der Waals surface area (Å²) >= 11 is 1.72. The number of furan rings is 1. The number of benzene rings is 8. The van der Waals surface area contributed by atoms with Gasteiger partial charge in [0.05, 0.1) is 15.9 Å². The molecule has 0 fully saturated rings. The quantitative estimate of drug-likeness (QED) is 0.187. The molecule has 0 saturated carbocycles. The van der Waals surface area contributed by atoms with Crippen LogP contribution in [0.4, 0.5) is 17.1 Å². The van der Waals surface area contributed by atoms with Gasteiger partial charge in [0.25, 0.3) is 0 Å². The third-order valence-corrected chi connectivity index (χ3v) is 10.6. The number of anilines is 3. The van der Waals surface area contributed by atoms with Crippen molar-refractivity contribution >= 4 is 82.1 Å². The molecule has 10 rings (SSSR count). The van der Waals surface area contributed by atoms with E-state index in [1.54, 1.807) is 11.3 Å². The minimum Gasteiger partial charge on any atom is -0.456 e. The fourth-order valence-electron chi connectivity index (χ4n) is 7.15. The summed E-state index contributed by atoms with van der Waals surface area (Å²) in [7, 11) is 0. The molecular formula is C45H28N2OS.